The van der Waals surface area contributed by atoms with Crippen LogP contribution in [0, 0.1) is 10.1 Å². The molecule has 0 aliphatic heterocycles. The van der Waals surface area contributed by atoms with Gasteiger partial charge in [-0.25, -0.2) is 17.9 Å². The zero-order chi connectivity index (χ0) is 21.8. The van der Waals surface area contributed by atoms with E-state index in [1.807, 2.05) is 0 Å². The van der Waals surface area contributed by atoms with E-state index < -0.39 is 32.9 Å². The molecule has 0 aliphatic rings. The summed E-state index contributed by atoms with van der Waals surface area (Å²) >= 11 is 5.92. The van der Waals surface area contributed by atoms with Crippen molar-refractivity contribution in [3.8, 4) is 0 Å². The van der Waals surface area contributed by atoms with E-state index >= 15 is 0 Å². The summed E-state index contributed by atoms with van der Waals surface area (Å²) in [5, 5.41) is 13.3. The van der Waals surface area contributed by atoms with Crippen molar-refractivity contribution >= 4 is 44.9 Å². The number of nitro groups is 1. The predicted molar refractivity (Wildman–Crippen MR) is 104 cm³/mol. The Hall–Kier alpha value is -3.02. The number of carbonyl (C=O) groups is 2. The fourth-order valence-electron chi connectivity index (χ4n) is 2.15. The summed E-state index contributed by atoms with van der Waals surface area (Å²) in [4.78, 5) is 34.6. The van der Waals surface area contributed by atoms with Gasteiger partial charge in [0.1, 0.15) is 0 Å². The molecule has 154 valence electrons. The maximum absolute atomic E-state index is 12.3. The number of amides is 1. The summed E-state index contributed by atoms with van der Waals surface area (Å²) in [6.45, 7) is 1.28. The number of ether oxygens (including phenoxy) is 1. The molecule has 0 saturated carbocycles. The molecule has 0 spiro atoms. The second kappa shape index (κ2) is 8.99. The molecule has 0 radical (unpaired) electrons. The second-order valence-electron chi connectivity index (χ2n) is 5.69. The van der Waals surface area contributed by atoms with Crippen LogP contribution in [0.15, 0.2) is 47.4 Å². The minimum absolute atomic E-state index is 0.0177. The van der Waals surface area contributed by atoms with E-state index in [9.17, 15) is 28.1 Å². The molecule has 0 saturated heterocycles. The first-order valence-electron chi connectivity index (χ1n) is 8.04. The first-order chi connectivity index (χ1) is 13.5. The quantitative estimate of drug-likeness (QED) is 0.381. The van der Waals surface area contributed by atoms with Gasteiger partial charge in [0.15, 0.2) is 6.10 Å². The lowest BCUT2D eigenvalue weighted by molar-refractivity contribution is -0.384. The van der Waals surface area contributed by atoms with Gasteiger partial charge in [-0.2, -0.15) is 0 Å². The number of halogens is 1. The molecule has 1 unspecified atom stereocenters. The number of benzene rings is 2. The third-order valence-electron chi connectivity index (χ3n) is 3.72. The topological polar surface area (TPSA) is 145 Å². The summed E-state index contributed by atoms with van der Waals surface area (Å²) in [5.74, 6) is -1.70. The fraction of sp³-hybridized carbons (Fsp3) is 0.176. The van der Waals surface area contributed by atoms with Gasteiger partial charge in [-0.15, -0.1) is 0 Å². The molecule has 0 aliphatic carbocycles. The Morgan fingerprint density at radius 2 is 1.90 bits per heavy atom. The molecule has 29 heavy (non-hydrogen) atoms. The minimum Gasteiger partial charge on any atom is -0.449 e. The van der Waals surface area contributed by atoms with Crippen molar-refractivity contribution in [3.05, 3.63) is 63.2 Å². The lowest BCUT2D eigenvalue weighted by atomic mass is 10.2. The molecular formula is C17H16ClN3O7S. The molecular weight excluding hydrogens is 426 g/mol. The van der Waals surface area contributed by atoms with Crippen LogP contribution in [0.25, 0.3) is 0 Å². The van der Waals surface area contributed by atoms with Crippen LogP contribution in [-0.4, -0.2) is 38.4 Å². The van der Waals surface area contributed by atoms with Crippen molar-refractivity contribution in [2.45, 2.75) is 17.9 Å². The molecule has 10 nitrogen and oxygen atoms in total. The Balaban J connectivity index is 2.12. The van der Waals surface area contributed by atoms with Gasteiger partial charge >= 0.3 is 5.97 Å². The maximum atomic E-state index is 12.3. The monoisotopic (exact) mass is 441 g/mol. The molecule has 0 heterocycles. The van der Waals surface area contributed by atoms with E-state index in [-0.39, 0.29) is 26.9 Å². The first-order valence-corrected chi connectivity index (χ1v) is 9.90. The number of nitro benzene ring substituents is 1. The van der Waals surface area contributed by atoms with E-state index in [2.05, 4.69) is 10.0 Å². The summed E-state index contributed by atoms with van der Waals surface area (Å²) in [5.41, 5.74) is -0.373. The first kappa shape index (κ1) is 22.3. The highest BCUT2D eigenvalue weighted by Gasteiger charge is 2.22. The fourth-order valence-corrected chi connectivity index (χ4v) is 3.09. The summed E-state index contributed by atoms with van der Waals surface area (Å²) in [6.07, 6.45) is -1.29. The van der Waals surface area contributed by atoms with Crippen LogP contribution in [0.1, 0.15) is 17.3 Å². The van der Waals surface area contributed by atoms with E-state index in [1.165, 1.54) is 44.3 Å². The van der Waals surface area contributed by atoms with Crippen molar-refractivity contribution in [1.29, 1.82) is 0 Å². The van der Waals surface area contributed by atoms with Crippen LogP contribution in [0.4, 0.5) is 11.4 Å². The SMILES string of the molecule is CNS(=O)(=O)c1cccc(C(=O)OC(C)C(=O)Nc2cc([N+](=O)[O-])ccc2Cl)c1. The number of hydrogen-bond donors (Lipinski definition) is 2. The number of non-ortho nitro benzene ring substituents is 1. The highest BCUT2D eigenvalue weighted by atomic mass is 35.5. The summed E-state index contributed by atoms with van der Waals surface area (Å²) in [6, 6.07) is 8.58. The Labute approximate surface area is 171 Å². The molecule has 1 atom stereocenters. The van der Waals surface area contributed by atoms with E-state index in [1.54, 1.807) is 0 Å². The Morgan fingerprint density at radius 1 is 1.21 bits per heavy atom. The standard InChI is InChI=1S/C17H16ClN3O7S/c1-10(16(22)20-15-9-12(21(24)25)6-7-14(15)18)28-17(23)11-4-3-5-13(8-11)29(26,27)19-2/h3-10,19H,1-2H3,(H,20,22). The molecule has 2 rings (SSSR count). The number of esters is 1. The largest absolute Gasteiger partial charge is 0.449 e. The van der Waals surface area contributed by atoms with Crippen molar-refractivity contribution in [2.75, 3.05) is 12.4 Å². The summed E-state index contributed by atoms with van der Waals surface area (Å²) in [7, 11) is -2.53. The van der Waals surface area contributed by atoms with Gasteiger partial charge in [0.25, 0.3) is 11.6 Å². The number of sulfonamides is 1. The second-order valence-corrected chi connectivity index (χ2v) is 7.99. The Morgan fingerprint density at radius 3 is 2.52 bits per heavy atom. The number of nitrogens with one attached hydrogen (secondary N) is 2. The van der Waals surface area contributed by atoms with Gasteiger partial charge in [-0.05, 0) is 38.2 Å². The normalized spacial score (nSPS) is 12.1. The minimum atomic E-state index is -3.76. The summed E-state index contributed by atoms with van der Waals surface area (Å²) < 4.78 is 30.8. The van der Waals surface area contributed by atoms with Crippen molar-refractivity contribution in [2.24, 2.45) is 0 Å². The zero-order valence-corrected chi connectivity index (χ0v) is 16.8. The van der Waals surface area contributed by atoms with Crippen LogP contribution < -0.4 is 10.0 Å². The van der Waals surface area contributed by atoms with Crippen molar-refractivity contribution in [3.63, 3.8) is 0 Å². The van der Waals surface area contributed by atoms with Crippen molar-refractivity contribution < 1.29 is 27.7 Å². The molecule has 0 aromatic heterocycles. The molecule has 2 aromatic carbocycles. The lowest BCUT2D eigenvalue weighted by Crippen LogP contribution is -2.30. The highest BCUT2D eigenvalue weighted by Crippen LogP contribution is 2.27. The van der Waals surface area contributed by atoms with Gasteiger partial charge in [0.2, 0.25) is 10.0 Å². The Kier molecular flexibility index (Phi) is 6.90. The van der Waals surface area contributed by atoms with Crippen molar-refractivity contribution in [1.82, 2.24) is 4.72 Å². The van der Waals surface area contributed by atoms with Crippen LogP contribution >= 0.6 is 11.6 Å². The predicted octanol–water partition coefficient (Wildman–Crippen LogP) is 2.34. The third kappa shape index (κ3) is 5.50. The van der Waals surface area contributed by atoms with E-state index in [0.29, 0.717) is 0 Å². The molecule has 0 bridgehead atoms. The van der Waals surface area contributed by atoms with Gasteiger partial charge in [-0.3, -0.25) is 14.9 Å². The highest BCUT2D eigenvalue weighted by molar-refractivity contribution is 7.89. The van der Waals surface area contributed by atoms with Gasteiger partial charge in [-0.1, -0.05) is 17.7 Å². The molecule has 0 fully saturated rings. The number of carbonyl (C=O) groups excluding carboxylic acids is 2. The molecule has 2 aromatic rings. The average Bonchev–Trinajstić information content (AvgIpc) is 2.69. The number of anilines is 1. The van der Waals surface area contributed by atoms with Crippen LogP contribution in [0.2, 0.25) is 5.02 Å². The van der Waals surface area contributed by atoms with Gasteiger partial charge in [0, 0.05) is 12.1 Å². The van der Waals surface area contributed by atoms with E-state index in [0.717, 1.165) is 12.1 Å². The van der Waals surface area contributed by atoms with Gasteiger partial charge in [0.05, 0.1) is 26.1 Å². The maximum Gasteiger partial charge on any atom is 0.338 e. The Bertz CT molecular complexity index is 1070. The number of nitrogens with zero attached hydrogens (tertiary/aromatic N) is 1. The van der Waals surface area contributed by atoms with Crippen LogP contribution in [0.3, 0.4) is 0 Å². The zero-order valence-electron chi connectivity index (χ0n) is 15.2. The number of rotatable bonds is 7. The molecule has 1 amide bonds. The smallest absolute Gasteiger partial charge is 0.338 e. The van der Waals surface area contributed by atoms with Crippen LogP contribution in [-0.2, 0) is 19.6 Å². The number of hydrogen-bond acceptors (Lipinski definition) is 7. The lowest BCUT2D eigenvalue weighted by Gasteiger charge is -2.14. The molecule has 12 heteroatoms. The van der Waals surface area contributed by atoms with Crippen LogP contribution in [0.5, 0.6) is 0 Å². The third-order valence-corrected chi connectivity index (χ3v) is 5.46. The van der Waals surface area contributed by atoms with Gasteiger partial charge < -0.3 is 10.1 Å². The molecule has 2 N–H and O–H groups in total. The average molecular weight is 442 g/mol. The van der Waals surface area contributed by atoms with E-state index in [4.69, 9.17) is 16.3 Å².